The number of aromatic nitrogens is 3. The predicted octanol–water partition coefficient (Wildman–Crippen LogP) is 4.33. The van der Waals surface area contributed by atoms with E-state index >= 15 is 0 Å². The summed E-state index contributed by atoms with van der Waals surface area (Å²) in [5.74, 6) is -3.90. The van der Waals surface area contributed by atoms with Gasteiger partial charge in [0.1, 0.15) is 5.56 Å². The summed E-state index contributed by atoms with van der Waals surface area (Å²) in [6.07, 6.45) is -6.15. The first-order valence-corrected chi connectivity index (χ1v) is 8.33. The standard InChI is InChI=1S/C18H11F6N5O2/c1-29(17(30)12-11(18(22,23)24)6-7-25-14(12)21)26-8-9-2-4-10(5-3-9)15-27-28-16(31-15)13(19)20/h2-8,13H,1H3/b26-8+. The number of benzene rings is 1. The van der Waals surface area contributed by atoms with Gasteiger partial charge in [-0.2, -0.15) is 31.4 Å². The molecule has 0 bridgehead atoms. The quantitative estimate of drug-likeness (QED) is 0.254. The molecule has 2 aromatic heterocycles. The molecular formula is C18H11F6N5O2. The summed E-state index contributed by atoms with van der Waals surface area (Å²) in [6, 6.07) is 6.27. The van der Waals surface area contributed by atoms with Crippen LogP contribution in [0.1, 0.15) is 33.8 Å². The second-order valence-corrected chi connectivity index (χ2v) is 5.96. The van der Waals surface area contributed by atoms with Crippen LogP contribution in [0.2, 0.25) is 0 Å². The zero-order valence-corrected chi connectivity index (χ0v) is 15.4. The minimum absolute atomic E-state index is 0.141. The normalized spacial score (nSPS) is 12.0. The van der Waals surface area contributed by atoms with Crippen LogP contribution in [0.5, 0.6) is 0 Å². The number of rotatable bonds is 5. The molecule has 13 heteroatoms. The van der Waals surface area contributed by atoms with Crippen molar-refractivity contribution < 1.29 is 35.6 Å². The molecule has 0 saturated carbocycles. The number of pyridine rings is 1. The summed E-state index contributed by atoms with van der Waals surface area (Å²) in [5, 5.41) is 10.9. The highest BCUT2D eigenvalue weighted by Crippen LogP contribution is 2.33. The minimum atomic E-state index is -4.96. The van der Waals surface area contributed by atoms with E-state index in [-0.39, 0.29) is 5.89 Å². The molecule has 0 aliphatic heterocycles. The lowest BCUT2D eigenvalue weighted by Crippen LogP contribution is -2.26. The molecule has 0 aliphatic rings. The molecule has 0 unspecified atom stereocenters. The molecule has 0 fully saturated rings. The van der Waals surface area contributed by atoms with Gasteiger partial charge in [0.05, 0.1) is 11.8 Å². The molecule has 0 spiro atoms. The summed E-state index contributed by atoms with van der Waals surface area (Å²) in [6.45, 7) is 0. The number of alkyl halides is 5. The topological polar surface area (TPSA) is 84.5 Å². The Balaban J connectivity index is 1.77. The maximum Gasteiger partial charge on any atom is 0.417 e. The number of nitrogens with zero attached hydrogens (tertiary/aromatic N) is 5. The third-order valence-electron chi connectivity index (χ3n) is 3.88. The van der Waals surface area contributed by atoms with Crippen molar-refractivity contribution in [3.8, 4) is 11.5 Å². The molecule has 0 aliphatic carbocycles. The van der Waals surface area contributed by atoms with E-state index in [9.17, 15) is 31.1 Å². The first-order valence-electron chi connectivity index (χ1n) is 8.33. The molecule has 0 atom stereocenters. The lowest BCUT2D eigenvalue weighted by Gasteiger charge is -2.15. The molecule has 31 heavy (non-hydrogen) atoms. The Morgan fingerprint density at radius 2 is 1.84 bits per heavy atom. The Morgan fingerprint density at radius 3 is 2.42 bits per heavy atom. The number of carbonyl (C=O) groups excluding carboxylic acids is 1. The SMILES string of the molecule is CN(/N=C/c1ccc(-c2nnc(C(F)F)o2)cc1)C(=O)c1c(C(F)(F)F)ccnc1F. The Kier molecular flexibility index (Phi) is 6.04. The Bertz CT molecular complexity index is 1110. The number of hydrogen-bond donors (Lipinski definition) is 0. The highest BCUT2D eigenvalue weighted by molar-refractivity contribution is 5.96. The van der Waals surface area contributed by atoms with E-state index in [1.54, 1.807) is 0 Å². The molecule has 2 heterocycles. The molecule has 0 radical (unpaired) electrons. The van der Waals surface area contributed by atoms with Gasteiger partial charge in [0, 0.05) is 18.8 Å². The predicted molar refractivity (Wildman–Crippen MR) is 93.6 cm³/mol. The Labute approximate surface area is 170 Å². The van der Waals surface area contributed by atoms with Crippen molar-refractivity contribution in [2.45, 2.75) is 12.6 Å². The molecule has 3 aromatic rings. The highest BCUT2D eigenvalue weighted by Gasteiger charge is 2.38. The molecule has 0 saturated heterocycles. The van der Waals surface area contributed by atoms with Gasteiger partial charge < -0.3 is 4.42 Å². The summed E-state index contributed by atoms with van der Waals surface area (Å²) in [7, 11) is 1.05. The van der Waals surface area contributed by atoms with Crippen molar-refractivity contribution >= 4 is 12.1 Å². The monoisotopic (exact) mass is 443 g/mol. The van der Waals surface area contributed by atoms with E-state index in [1.165, 1.54) is 24.3 Å². The fourth-order valence-corrected chi connectivity index (χ4v) is 2.39. The van der Waals surface area contributed by atoms with Crippen LogP contribution in [-0.4, -0.2) is 39.4 Å². The number of hydrazone groups is 1. The van der Waals surface area contributed by atoms with E-state index in [2.05, 4.69) is 20.3 Å². The summed E-state index contributed by atoms with van der Waals surface area (Å²) in [5.41, 5.74) is -2.01. The Morgan fingerprint density at radius 1 is 1.16 bits per heavy atom. The maximum atomic E-state index is 13.8. The van der Waals surface area contributed by atoms with Gasteiger partial charge in [-0.15, -0.1) is 10.2 Å². The average Bonchev–Trinajstić information content (AvgIpc) is 3.21. The van der Waals surface area contributed by atoms with E-state index in [0.29, 0.717) is 28.4 Å². The fraction of sp³-hybridized carbons (Fsp3) is 0.167. The third kappa shape index (κ3) is 4.87. The van der Waals surface area contributed by atoms with Crippen molar-refractivity contribution in [3.63, 3.8) is 0 Å². The van der Waals surface area contributed by atoms with Crippen molar-refractivity contribution in [2.24, 2.45) is 5.10 Å². The molecule has 162 valence electrons. The molecular weight excluding hydrogens is 432 g/mol. The van der Waals surface area contributed by atoms with Crippen LogP contribution >= 0.6 is 0 Å². The van der Waals surface area contributed by atoms with Crippen molar-refractivity contribution in [2.75, 3.05) is 7.05 Å². The van der Waals surface area contributed by atoms with Crippen LogP contribution in [0, 0.1) is 5.95 Å². The average molecular weight is 443 g/mol. The summed E-state index contributed by atoms with van der Waals surface area (Å²) < 4.78 is 82.8. The van der Waals surface area contributed by atoms with E-state index < -0.39 is 41.5 Å². The van der Waals surface area contributed by atoms with Gasteiger partial charge in [0.25, 0.3) is 11.8 Å². The molecule has 1 amide bonds. The third-order valence-corrected chi connectivity index (χ3v) is 3.88. The summed E-state index contributed by atoms with van der Waals surface area (Å²) >= 11 is 0. The van der Waals surface area contributed by atoms with Crippen molar-refractivity contribution in [3.05, 3.63) is 65.1 Å². The van der Waals surface area contributed by atoms with Gasteiger partial charge in [0.15, 0.2) is 0 Å². The number of halogens is 6. The summed E-state index contributed by atoms with van der Waals surface area (Å²) in [4.78, 5) is 15.4. The lowest BCUT2D eigenvalue weighted by atomic mass is 10.1. The van der Waals surface area contributed by atoms with Crippen molar-refractivity contribution in [1.82, 2.24) is 20.2 Å². The second kappa shape index (κ2) is 8.53. The van der Waals surface area contributed by atoms with Gasteiger partial charge in [-0.25, -0.2) is 9.99 Å². The van der Waals surface area contributed by atoms with Gasteiger partial charge in [-0.3, -0.25) is 4.79 Å². The van der Waals surface area contributed by atoms with Crippen LogP contribution in [0.3, 0.4) is 0 Å². The van der Waals surface area contributed by atoms with Crippen molar-refractivity contribution in [1.29, 1.82) is 0 Å². The largest absolute Gasteiger partial charge is 0.417 e. The van der Waals surface area contributed by atoms with Gasteiger partial charge in [-0.1, -0.05) is 12.1 Å². The first-order chi connectivity index (χ1) is 14.6. The van der Waals surface area contributed by atoms with Crippen LogP contribution in [-0.2, 0) is 6.18 Å². The van der Waals surface area contributed by atoms with Crippen LogP contribution < -0.4 is 0 Å². The Hall–Kier alpha value is -3.77. The molecule has 3 rings (SSSR count). The molecule has 7 nitrogen and oxygen atoms in total. The highest BCUT2D eigenvalue weighted by atomic mass is 19.4. The van der Waals surface area contributed by atoms with E-state index in [4.69, 9.17) is 4.42 Å². The van der Waals surface area contributed by atoms with Gasteiger partial charge in [-0.05, 0) is 23.8 Å². The van der Waals surface area contributed by atoms with Crippen LogP contribution in [0.4, 0.5) is 26.3 Å². The van der Waals surface area contributed by atoms with E-state index in [0.717, 1.165) is 13.3 Å². The van der Waals surface area contributed by atoms with Gasteiger partial charge >= 0.3 is 12.6 Å². The number of hydrogen-bond acceptors (Lipinski definition) is 6. The first kappa shape index (κ1) is 21.9. The molecule has 0 N–H and O–H groups in total. The van der Waals surface area contributed by atoms with Gasteiger partial charge in [0.2, 0.25) is 11.8 Å². The fourth-order valence-electron chi connectivity index (χ4n) is 2.39. The smallest absolute Gasteiger partial charge is 0.415 e. The van der Waals surface area contributed by atoms with Crippen LogP contribution in [0.15, 0.2) is 46.0 Å². The lowest BCUT2D eigenvalue weighted by molar-refractivity contribution is -0.138. The zero-order chi connectivity index (χ0) is 22.8. The second-order valence-electron chi connectivity index (χ2n) is 5.96. The zero-order valence-electron chi connectivity index (χ0n) is 15.4. The van der Waals surface area contributed by atoms with Crippen LogP contribution in [0.25, 0.3) is 11.5 Å². The molecule has 1 aromatic carbocycles. The minimum Gasteiger partial charge on any atom is -0.415 e. The maximum absolute atomic E-state index is 13.8. The van der Waals surface area contributed by atoms with E-state index in [1.807, 2.05) is 0 Å². The number of carbonyl (C=O) groups is 1. The number of amides is 1.